The van der Waals surface area contributed by atoms with E-state index < -0.39 is 5.97 Å². The van der Waals surface area contributed by atoms with Crippen LogP contribution in [0.5, 0.6) is 0 Å². The Kier molecular flexibility index (Phi) is 3.17. The number of hydrogen-bond acceptors (Lipinski definition) is 3. The summed E-state index contributed by atoms with van der Waals surface area (Å²) in [6.07, 6.45) is 3.47. The third-order valence-corrected chi connectivity index (χ3v) is 3.69. The molecule has 3 rings (SSSR count). The first-order chi connectivity index (χ1) is 10.1. The molecule has 3 aromatic rings. The minimum atomic E-state index is -0.941. The molecule has 0 fully saturated rings. The van der Waals surface area contributed by atoms with Crippen LogP contribution in [0.15, 0.2) is 42.7 Å². The van der Waals surface area contributed by atoms with Gasteiger partial charge in [-0.05, 0) is 43.7 Å². The van der Waals surface area contributed by atoms with Crippen LogP contribution < -0.4 is 0 Å². The van der Waals surface area contributed by atoms with Crippen LogP contribution in [0.25, 0.3) is 11.0 Å². The highest BCUT2D eigenvalue weighted by molar-refractivity contribution is 6.01. The minimum Gasteiger partial charge on any atom is -0.478 e. The molecule has 21 heavy (non-hydrogen) atoms. The number of hydrogen-bond donors (Lipinski definition) is 1. The molecule has 0 spiro atoms. The zero-order valence-electron chi connectivity index (χ0n) is 11.8. The van der Waals surface area contributed by atoms with Crippen LogP contribution in [0.4, 0.5) is 0 Å². The highest BCUT2D eigenvalue weighted by atomic mass is 16.4. The van der Waals surface area contributed by atoms with Crippen molar-refractivity contribution in [1.29, 1.82) is 0 Å². The van der Waals surface area contributed by atoms with Gasteiger partial charge in [0.15, 0.2) is 0 Å². The highest BCUT2D eigenvalue weighted by Crippen LogP contribution is 2.27. The molecular weight excluding hydrogens is 266 g/mol. The van der Waals surface area contributed by atoms with E-state index in [2.05, 4.69) is 9.97 Å². The molecule has 2 aromatic heterocycles. The molecule has 0 aliphatic heterocycles. The number of aryl methyl sites for hydroxylation is 1. The van der Waals surface area contributed by atoms with Gasteiger partial charge in [-0.15, -0.1) is 0 Å². The quantitative estimate of drug-likeness (QED) is 0.801. The number of fused-ring (bicyclic) bond motifs is 1. The summed E-state index contributed by atoms with van der Waals surface area (Å²) in [7, 11) is 0. The fourth-order valence-electron chi connectivity index (χ4n) is 2.70. The Labute approximate surface area is 121 Å². The van der Waals surface area contributed by atoms with E-state index in [0.29, 0.717) is 11.0 Å². The molecule has 1 aromatic carbocycles. The van der Waals surface area contributed by atoms with Gasteiger partial charge in [0.25, 0.3) is 0 Å². The lowest BCUT2D eigenvalue weighted by Crippen LogP contribution is -2.11. The molecule has 5 nitrogen and oxygen atoms in total. The zero-order chi connectivity index (χ0) is 15.0. The Morgan fingerprint density at radius 2 is 1.95 bits per heavy atom. The van der Waals surface area contributed by atoms with E-state index in [-0.39, 0.29) is 11.6 Å². The normalized spacial score (nSPS) is 12.5. The van der Waals surface area contributed by atoms with Crippen molar-refractivity contribution in [2.45, 2.75) is 19.9 Å². The molecule has 106 valence electrons. The lowest BCUT2D eigenvalue weighted by molar-refractivity contribution is 0.0698. The van der Waals surface area contributed by atoms with E-state index >= 15 is 0 Å². The van der Waals surface area contributed by atoms with Crippen LogP contribution in [0.1, 0.15) is 34.7 Å². The maximum atomic E-state index is 11.5. The van der Waals surface area contributed by atoms with E-state index in [9.17, 15) is 9.90 Å². The first kappa shape index (κ1) is 13.3. The second kappa shape index (κ2) is 5.01. The Bertz CT molecular complexity index is 809. The van der Waals surface area contributed by atoms with E-state index in [0.717, 1.165) is 11.4 Å². The van der Waals surface area contributed by atoms with Gasteiger partial charge in [-0.2, -0.15) is 0 Å². The summed E-state index contributed by atoms with van der Waals surface area (Å²) in [5.41, 5.74) is 2.70. The third-order valence-electron chi connectivity index (χ3n) is 3.69. The van der Waals surface area contributed by atoms with Crippen molar-refractivity contribution in [2.75, 3.05) is 0 Å². The van der Waals surface area contributed by atoms with Crippen molar-refractivity contribution in [2.24, 2.45) is 0 Å². The molecule has 5 heteroatoms. The summed E-state index contributed by atoms with van der Waals surface area (Å²) in [5, 5.41) is 9.42. The van der Waals surface area contributed by atoms with E-state index in [1.807, 2.05) is 36.6 Å². The molecule has 1 N–H and O–H groups in total. The molecule has 0 bridgehead atoms. The lowest BCUT2D eigenvalue weighted by Gasteiger charge is -2.17. The van der Waals surface area contributed by atoms with Crippen LogP contribution in [-0.4, -0.2) is 25.6 Å². The molecule has 0 aliphatic rings. The number of rotatable bonds is 3. The molecular formula is C16H15N3O2. The molecule has 2 heterocycles. The maximum Gasteiger partial charge on any atom is 0.337 e. The second-order valence-corrected chi connectivity index (χ2v) is 4.96. The van der Waals surface area contributed by atoms with Crippen molar-refractivity contribution >= 4 is 17.0 Å². The lowest BCUT2D eigenvalue weighted by atomic mass is 10.1. The van der Waals surface area contributed by atoms with Crippen molar-refractivity contribution in [3.63, 3.8) is 0 Å². The SMILES string of the molecule is Cc1nc2cccc(C(=O)O)c2n1C(C)c1ccncc1. The summed E-state index contributed by atoms with van der Waals surface area (Å²) < 4.78 is 1.97. The number of imidazole rings is 1. The van der Waals surface area contributed by atoms with Crippen LogP contribution in [0.3, 0.4) is 0 Å². The number of aromatic nitrogens is 3. The van der Waals surface area contributed by atoms with Crippen LogP contribution in [-0.2, 0) is 0 Å². The Morgan fingerprint density at radius 1 is 1.24 bits per heavy atom. The average Bonchev–Trinajstić information content (AvgIpc) is 2.83. The Balaban J connectivity index is 2.27. The molecule has 0 radical (unpaired) electrons. The third kappa shape index (κ3) is 2.16. The van der Waals surface area contributed by atoms with Gasteiger partial charge < -0.3 is 9.67 Å². The van der Waals surface area contributed by atoms with Gasteiger partial charge >= 0.3 is 5.97 Å². The van der Waals surface area contributed by atoms with Crippen molar-refractivity contribution < 1.29 is 9.90 Å². The topological polar surface area (TPSA) is 68.0 Å². The average molecular weight is 281 g/mol. The Hall–Kier alpha value is -2.69. The van der Waals surface area contributed by atoms with Crippen LogP contribution >= 0.6 is 0 Å². The number of aromatic carboxylic acids is 1. The minimum absolute atomic E-state index is 0.0153. The number of para-hydroxylation sites is 1. The summed E-state index contributed by atoms with van der Waals surface area (Å²) in [4.78, 5) is 20.0. The second-order valence-electron chi connectivity index (χ2n) is 4.96. The monoisotopic (exact) mass is 281 g/mol. The fourth-order valence-corrected chi connectivity index (χ4v) is 2.70. The smallest absolute Gasteiger partial charge is 0.337 e. The summed E-state index contributed by atoms with van der Waals surface area (Å²) in [5.74, 6) is -0.147. The van der Waals surface area contributed by atoms with Gasteiger partial charge in [-0.3, -0.25) is 4.98 Å². The molecule has 1 atom stereocenters. The summed E-state index contributed by atoms with van der Waals surface area (Å²) in [6, 6.07) is 9.02. The van der Waals surface area contributed by atoms with Gasteiger partial charge in [-0.1, -0.05) is 6.07 Å². The molecule has 0 saturated carbocycles. The van der Waals surface area contributed by atoms with Crippen molar-refractivity contribution in [3.05, 3.63) is 59.7 Å². The van der Waals surface area contributed by atoms with Gasteiger partial charge in [0, 0.05) is 12.4 Å². The van der Waals surface area contributed by atoms with Gasteiger partial charge in [0.2, 0.25) is 0 Å². The van der Waals surface area contributed by atoms with Gasteiger partial charge in [-0.25, -0.2) is 9.78 Å². The van der Waals surface area contributed by atoms with E-state index in [4.69, 9.17) is 0 Å². The predicted octanol–water partition coefficient (Wildman–Crippen LogP) is 3.05. The van der Waals surface area contributed by atoms with Crippen LogP contribution in [0.2, 0.25) is 0 Å². The molecule has 0 aliphatic carbocycles. The zero-order valence-corrected chi connectivity index (χ0v) is 11.8. The standard InChI is InChI=1S/C16H15N3O2/c1-10(12-6-8-17-9-7-12)19-11(2)18-14-5-3-4-13(15(14)19)16(20)21/h3-10H,1-2H3,(H,20,21). The van der Waals surface area contributed by atoms with E-state index in [1.165, 1.54) is 0 Å². The number of carbonyl (C=O) groups is 1. The Morgan fingerprint density at radius 3 is 2.62 bits per heavy atom. The highest BCUT2D eigenvalue weighted by Gasteiger charge is 2.19. The first-order valence-electron chi connectivity index (χ1n) is 6.70. The maximum absolute atomic E-state index is 11.5. The summed E-state index contributed by atoms with van der Waals surface area (Å²) >= 11 is 0. The summed E-state index contributed by atoms with van der Waals surface area (Å²) in [6.45, 7) is 3.92. The predicted molar refractivity (Wildman–Crippen MR) is 79.5 cm³/mol. The number of carboxylic acid groups (broad SMARTS) is 1. The van der Waals surface area contributed by atoms with Gasteiger partial charge in [0.1, 0.15) is 5.82 Å². The number of pyridine rings is 1. The fraction of sp³-hybridized carbons (Fsp3) is 0.188. The van der Waals surface area contributed by atoms with Crippen molar-refractivity contribution in [1.82, 2.24) is 14.5 Å². The van der Waals surface area contributed by atoms with Gasteiger partial charge in [0.05, 0.1) is 22.6 Å². The first-order valence-corrected chi connectivity index (χ1v) is 6.70. The molecule has 0 amide bonds. The van der Waals surface area contributed by atoms with Crippen molar-refractivity contribution in [3.8, 4) is 0 Å². The molecule has 1 unspecified atom stereocenters. The number of nitrogens with zero attached hydrogens (tertiary/aromatic N) is 3. The number of benzene rings is 1. The molecule has 0 saturated heterocycles. The van der Waals surface area contributed by atoms with Crippen LogP contribution in [0, 0.1) is 6.92 Å². The number of carboxylic acids is 1. The van der Waals surface area contributed by atoms with E-state index in [1.54, 1.807) is 24.5 Å². The largest absolute Gasteiger partial charge is 0.478 e.